The summed E-state index contributed by atoms with van der Waals surface area (Å²) in [5, 5.41) is 3.07. The lowest BCUT2D eigenvalue weighted by molar-refractivity contribution is 0.167. The van der Waals surface area contributed by atoms with Crippen LogP contribution in [-0.2, 0) is 16.6 Å². The fourth-order valence-electron chi connectivity index (χ4n) is 3.58. The zero-order chi connectivity index (χ0) is 24.8. The van der Waals surface area contributed by atoms with E-state index in [1.807, 2.05) is 96.1 Å². The lowest BCUT2D eigenvalue weighted by Gasteiger charge is -2.34. The number of benzene rings is 2. The number of hydrogen-bond donors (Lipinski definition) is 2. The van der Waals surface area contributed by atoms with Crippen LogP contribution in [0.25, 0.3) is 0 Å². The molecule has 0 aliphatic carbocycles. The number of sulfonamides is 1. The maximum absolute atomic E-state index is 13.3. The Morgan fingerprint density at radius 3 is 2.24 bits per heavy atom. The van der Waals surface area contributed by atoms with Crippen LogP contribution in [0.1, 0.15) is 58.2 Å². The number of carbonyl (C=O) groups is 1. The Labute approximate surface area is 199 Å². The van der Waals surface area contributed by atoms with Gasteiger partial charge in [-0.1, -0.05) is 37.3 Å². The van der Waals surface area contributed by atoms with Crippen molar-refractivity contribution in [1.29, 1.82) is 0 Å². The highest BCUT2D eigenvalue weighted by atomic mass is 32.2. The molecule has 0 heterocycles. The Kier molecular flexibility index (Phi) is 8.77. The maximum atomic E-state index is 13.3. The second-order valence-corrected chi connectivity index (χ2v) is 11.4. The molecular weight excluding hydrogens is 436 g/mol. The zero-order valence-corrected chi connectivity index (χ0v) is 21.7. The third-order valence-corrected chi connectivity index (χ3v) is 6.63. The van der Waals surface area contributed by atoms with E-state index in [4.69, 9.17) is 0 Å². The number of carbonyl (C=O) groups excluding carboxylic acids is 1. The van der Waals surface area contributed by atoms with E-state index in [0.29, 0.717) is 18.7 Å². The van der Waals surface area contributed by atoms with Gasteiger partial charge in [0.1, 0.15) is 0 Å². The van der Waals surface area contributed by atoms with Crippen LogP contribution in [0.15, 0.2) is 48.5 Å². The van der Waals surface area contributed by atoms with Crippen molar-refractivity contribution in [2.45, 2.75) is 59.2 Å². The monoisotopic (exact) mass is 474 g/mol. The molecule has 2 rings (SSSR count). The molecule has 2 N–H and O–H groups in total. The van der Waals surface area contributed by atoms with Gasteiger partial charge in [-0.25, -0.2) is 13.2 Å². The Bertz CT molecular complexity index is 1030. The molecular formula is C25H38N4O3S. The van der Waals surface area contributed by atoms with E-state index in [2.05, 4.69) is 10.0 Å². The minimum atomic E-state index is -3.42. The van der Waals surface area contributed by atoms with Gasteiger partial charge in [0, 0.05) is 31.0 Å². The summed E-state index contributed by atoms with van der Waals surface area (Å²) in [5.74, 6) is 0.0585. The molecule has 182 valence electrons. The average Bonchev–Trinajstić information content (AvgIpc) is 2.70. The van der Waals surface area contributed by atoms with Crippen molar-refractivity contribution in [3.8, 4) is 0 Å². The molecule has 8 heteroatoms. The number of nitrogens with one attached hydrogen (secondary N) is 2. The summed E-state index contributed by atoms with van der Waals surface area (Å²) in [6.45, 7) is 9.99. The topological polar surface area (TPSA) is 81.8 Å². The van der Waals surface area contributed by atoms with E-state index in [9.17, 15) is 13.2 Å². The van der Waals surface area contributed by atoms with Crippen molar-refractivity contribution in [3.05, 3.63) is 59.7 Å². The minimum Gasteiger partial charge on any atom is -0.377 e. The first kappa shape index (κ1) is 26.5. The highest BCUT2D eigenvalue weighted by Gasteiger charge is 2.26. The summed E-state index contributed by atoms with van der Waals surface area (Å²) in [5.41, 5.74) is 2.89. The van der Waals surface area contributed by atoms with Crippen LogP contribution in [0.5, 0.6) is 0 Å². The number of amides is 2. The molecule has 1 atom stereocenters. The van der Waals surface area contributed by atoms with Gasteiger partial charge in [-0.2, -0.15) is 0 Å². The summed E-state index contributed by atoms with van der Waals surface area (Å²) in [6, 6.07) is 15.0. The lowest BCUT2D eigenvalue weighted by Crippen LogP contribution is -2.49. The average molecular weight is 475 g/mol. The predicted molar refractivity (Wildman–Crippen MR) is 137 cm³/mol. The molecule has 0 aliphatic rings. The number of urea groups is 1. The molecule has 0 fully saturated rings. The molecule has 0 aliphatic heterocycles. The molecule has 33 heavy (non-hydrogen) atoms. The van der Waals surface area contributed by atoms with Crippen LogP contribution in [0, 0.1) is 0 Å². The second kappa shape index (κ2) is 10.9. The number of hydrogen-bond acceptors (Lipinski definition) is 4. The van der Waals surface area contributed by atoms with E-state index in [0.717, 1.165) is 16.8 Å². The van der Waals surface area contributed by atoms with Crippen molar-refractivity contribution in [1.82, 2.24) is 10.2 Å². The molecule has 0 aromatic heterocycles. The summed E-state index contributed by atoms with van der Waals surface area (Å²) < 4.78 is 27.3. The molecule has 2 aromatic rings. The van der Waals surface area contributed by atoms with E-state index in [-0.39, 0.29) is 17.8 Å². The van der Waals surface area contributed by atoms with Crippen molar-refractivity contribution in [2.24, 2.45) is 0 Å². The van der Waals surface area contributed by atoms with Gasteiger partial charge in [-0.15, -0.1) is 0 Å². The van der Waals surface area contributed by atoms with E-state index in [1.54, 1.807) is 11.0 Å². The zero-order valence-electron chi connectivity index (χ0n) is 20.8. The number of nitrogens with zero attached hydrogens (tertiary/aromatic N) is 2. The van der Waals surface area contributed by atoms with Crippen LogP contribution in [-0.4, -0.2) is 44.7 Å². The first-order valence-corrected chi connectivity index (χ1v) is 12.9. The maximum Gasteiger partial charge on any atom is 0.318 e. The van der Waals surface area contributed by atoms with Gasteiger partial charge in [-0.3, -0.25) is 4.72 Å². The molecule has 2 aromatic carbocycles. The fourth-order valence-corrected chi connectivity index (χ4v) is 4.71. The standard InChI is InChI=1S/C25H38N4O3S/c1-8-16-33(31,32)27-22-14-15-23(28(6)7)21(17-22)18-29(24(30)26-25(3,4)5)19(2)20-12-10-9-11-13-20/h9-15,17,19,27H,8,16,18H2,1-7H3,(H,26,30). The largest absolute Gasteiger partial charge is 0.377 e. The minimum absolute atomic E-state index is 0.0585. The van der Waals surface area contributed by atoms with Crippen LogP contribution in [0.2, 0.25) is 0 Å². The van der Waals surface area contributed by atoms with E-state index >= 15 is 0 Å². The quantitative estimate of drug-likeness (QED) is 0.537. The molecule has 0 radical (unpaired) electrons. The first-order chi connectivity index (χ1) is 15.3. The molecule has 2 amide bonds. The number of anilines is 2. The predicted octanol–water partition coefficient (Wildman–Crippen LogP) is 4.98. The molecule has 1 unspecified atom stereocenters. The van der Waals surface area contributed by atoms with Crippen molar-refractivity contribution in [3.63, 3.8) is 0 Å². The normalized spacial score (nSPS) is 12.7. The van der Waals surface area contributed by atoms with Gasteiger partial charge in [-0.05, 0) is 63.4 Å². The van der Waals surface area contributed by atoms with Gasteiger partial charge < -0.3 is 15.1 Å². The highest BCUT2D eigenvalue weighted by Crippen LogP contribution is 2.29. The van der Waals surface area contributed by atoms with E-state index in [1.165, 1.54) is 0 Å². The van der Waals surface area contributed by atoms with Gasteiger partial charge in [0.25, 0.3) is 0 Å². The summed E-state index contributed by atoms with van der Waals surface area (Å²) in [6.07, 6.45) is 0.535. The first-order valence-electron chi connectivity index (χ1n) is 11.3. The molecule has 0 spiro atoms. The number of rotatable bonds is 9. The third kappa shape index (κ3) is 7.96. The molecule has 0 saturated heterocycles. The van der Waals surface area contributed by atoms with Gasteiger partial charge in [0.2, 0.25) is 10.0 Å². The van der Waals surface area contributed by atoms with Crippen molar-refractivity contribution < 1.29 is 13.2 Å². The third-order valence-electron chi connectivity index (χ3n) is 5.14. The van der Waals surface area contributed by atoms with Gasteiger partial charge in [0.15, 0.2) is 0 Å². The van der Waals surface area contributed by atoms with Crippen LogP contribution >= 0.6 is 0 Å². The Morgan fingerprint density at radius 1 is 1.06 bits per heavy atom. The van der Waals surface area contributed by atoms with Crippen molar-refractivity contribution in [2.75, 3.05) is 29.5 Å². The van der Waals surface area contributed by atoms with Crippen LogP contribution in [0.4, 0.5) is 16.2 Å². The molecule has 7 nitrogen and oxygen atoms in total. The Morgan fingerprint density at radius 2 is 1.70 bits per heavy atom. The molecule has 0 bridgehead atoms. The highest BCUT2D eigenvalue weighted by molar-refractivity contribution is 7.92. The smallest absolute Gasteiger partial charge is 0.318 e. The van der Waals surface area contributed by atoms with Crippen LogP contribution in [0.3, 0.4) is 0 Å². The van der Waals surface area contributed by atoms with Crippen LogP contribution < -0.4 is 14.9 Å². The van der Waals surface area contributed by atoms with E-state index < -0.39 is 15.6 Å². The van der Waals surface area contributed by atoms with Gasteiger partial charge in [0.05, 0.1) is 18.3 Å². The summed E-state index contributed by atoms with van der Waals surface area (Å²) in [7, 11) is 0.442. The molecule has 0 saturated carbocycles. The van der Waals surface area contributed by atoms with Gasteiger partial charge >= 0.3 is 6.03 Å². The SMILES string of the molecule is CCCS(=O)(=O)Nc1ccc(N(C)C)c(CN(C(=O)NC(C)(C)C)C(C)c2ccccc2)c1. The van der Waals surface area contributed by atoms with Crippen molar-refractivity contribution >= 4 is 27.4 Å². The summed E-state index contributed by atoms with van der Waals surface area (Å²) in [4.78, 5) is 17.1. The Balaban J connectivity index is 2.48. The Hall–Kier alpha value is -2.74. The fraction of sp³-hybridized carbons (Fsp3) is 0.480. The second-order valence-electron chi connectivity index (χ2n) is 9.55. The summed E-state index contributed by atoms with van der Waals surface area (Å²) >= 11 is 0. The lowest BCUT2D eigenvalue weighted by atomic mass is 10.0.